The van der Waals surface area contributed by atoms with Gasteiger partial charge in [-0.3, -0.25) is 14.5 Å². The van der Waals surface area contributed by atoms with E-state index in [1.54, 1.807) is 4.90 Å². The fourth-order valence-electron chi connectivity index (χ4n) is 5.90. The van der Waals surface area contributed by atoms with Crippen LogP contribution in [0.1, 0.15) is 24.1 Å². The van der Waals surface area contributed by atoms with E-state index < -0.39 is 0 Å². The number of fused-ring (bicyclic) bond motifs is 6. The average molecular weight is 405 g/mol. The van der Waals surface area contributed by atoms with Gasteiger partial charge in [-0.15, -0.1) is 0 Å². The van der Waals surface area contributed by atoms with Gasteiger partial charge in [0.05, 0.1) is 17.9 Å². The van der Waals surface area contributed by atoms with Crippen molar-refractivity contribution in [1.29, 1.82) is 0 Å². The number of imide groups is 1. The number of allylic oxidation sites excluding steroid dienone is 3. The number of likely N-dealkylation sites (tertiary alicyclic amines) is 1. The molecule has 3 aromatic rings. The molecule has 1 saturated heterocycles. The normalized spacial score (nSPS) is 28.7. The first-order valence-corrected chi connectivity index (χ1v) is 10.9. The first kappa shape index (κ1) is 18.3. The molecule has 3 aromatic carbocycles. The molecular formula is C28H23NO2. The quantitative estimate of drug-likeness (QED) is 0.432. The number of amides is 2. The molecule has 6 rings (SSSR count). The van der Waals surface area contributed by atoms with E-state index in [0.717, 1.165) is 21.9 Å². The van der Waals surface area contributed by atoms with Gasteiger partial charge in [-0.05, 0) is 28.8 Å². The Morgan fingerprint density at radius 2 is 1.39 bits per heavy atom. The van der Waals surface area contributed by atoms with Crippen LogP contribution in [-0.2, 0) is 9.59 Å². The van der Waals surface area contributed by atoms with Crippen molar-refractivity contribution in [3.8, 4) is 0 Å². The third kappa shape index (κ3) is 2.59. The van der Waals surface area contributed by atoms with E-state index in [-0.39, 0.29) is 41.5 Å². The van der Waals surface area contributed by atoms with Crippen LogP contribution in [-0.4, -0.2) is 16.7 Å². The van der Waals surface area contributed by atoms with Crippen LogP contribution in [0, 0.1) is 23.7 Å². The molecule has 152 valence electrons. The average Bonchev–Trinajstić information content (AvgIpc) is 3.42. The van der Waals surface area contributed by atoms with Gasteiger partial charge in [0.1, 0.15) is 0 Å². The molecule has 0 radical (unpaired) electrons. The highest BCUT2D eigenvalue weighted by molar-refractivity contribution is 6.08. The monoisotopic (exact) mass is 405 g/mol. The summed E-state index contributed by atoms with van der Waals surface area (Å²) >= 11 is 0. The molecular weight excluding hydrogens is 382 g/mol. The van der Waals surface area contributed by atoms with Crippen LogP contribution in [0.2, 0.25) is 0 Å². The lowest BCUT2D eigenvalue weighted by atomic mass is 9.85. The zero-order valence-corrected chi connectivity index (χ0v) is 17.3. The van der Waals surface area contributed by atoms with Crippen molar-refractivity contribution in [3.63, 3.8) is 0 Å². The van der Waals surface area contributed by atoms with Crippen molar-refractivity contribution < 1.29 is 9.59 Å². The molecule has 1 saturated carbocycles. The van der Waals surface area contributed by atoms with Gasteiger partial charge in [-0.25, -0.2) is 0 Å². The number of benzene rings is 3. The van der Waals surface area contributed by atoms with E-state index in [4.69, 9.17) is 0 Å². The van der Waals surface area contributed by atoms with Gasteiger partial charge >= 0.3 is 0 Å². The van der Waals surface area contributed by atoms with Crippen LogP contribution >= 0.6 is 0 Å². The zero-order valence-electron chi connectivity index (χ0n) is 17.3. The highest BCUT2D eigenvalue weighted by Gasteiger charge is 2.62. The lowest BCUT2D eigenvalue weighted by molar-refractivity contribution is -0.142. The summed E-state index contributed by atoms with van der Waals surface area (Å²) in [7, 11) is 0. The van der Waals surface area contributed by atoms with Gasteiger partial charge in [0, 0.05) is 11.8 Å². The Labute approximate surface area is 181 Å². The topological polar surface area (TPSA) is 37.4 Å². The lowest BCUT2D eigenvalue weighted by Crippen LogP contribution is -2.35. The number of hydrogen-bond donors (Lipinski definition) is 0. The van der Waals surface area contributed by atoms with E-state index in [0.29, 0.717) is 0 Å². The molecule has 31 heavy (non-hydrogen) atoms. The summed E-state index contributed by atoms with van der Waals surface area (Å²) in [5.41, 5.74) is 3.36. The molecule has 2 fully saturated rings. The Balaban J connectivity index is 1.36. The molecule has 0 spiro atoms. The Morgan fingerprint density at radius 3 is 2.10 bits per heavy atom. The van der Waals surface area contributed by atoms with Crippen molar-refractivity contribution in [1.82, 2.24) is 4.90 Å². The second kappa shape index (κ2) is 6.78. The Bertz CT molecular complexity index is 1230. The first-order valence-electron chi connectivity index (χ1n) is 10.9. The van der Waals surface area contributed by atoms with Crippen LogP contribution < -0.4 is 0 Å². The van der Waals surface area contributed by atoms with Crippen LogP contribution in [0.4, 0.5) is 0 Å². The summed E-state index contributed by atoms with van der Waals surface area (Å²) in [6.45, 7) is 1.98. The summed E-state index contributed by atoms with van der Waals surface area (Å²) in [6.07, 6.45) is 6.45. The van der Waals surface area contributed by atoms with Gasteiger partial charge < -0.3 is 0 Å². The number of hydrogen-bond acceptors (Lipinski definition) is 2. The van der Waals surface area contributed by atoms with E-state index in [1.807, 2.05) is 49.4 Å². The predicted octanol–water partition coefficient (Wildman–Crippen LogP) is 5.40. The largest absolute Gasteiger partial charge is 0.275 e. The lowest BCUT2D eigenvalue weighted by Gasteiger charge is -2.26. The van der Waals surface area contributed by atoms with E-state index >= 15 is 0 Å². The van der Waals surface area contributed by atoms with E-state index in [1.165, 1.54) is 5.57 Å². The predicted molar refractivity (Wildman–Crippen MR) is 122 cm³/mol. The molecule has 1 aliphatic heterocycles. The number of carbonyl (C=O) groups excluding carboxylic acids is 2. The summed E-state index contributed by atoms with van der Waals surface area (Å²) in [5.74, 6) is -0.532. The van der Waals surface area contributed by atoms with Crippen LogP contribution in [0.3, 0.4) is 0 Å². The third-order valence-corrected chi connectivity index (χ3v) is 7.30. The standard InChI is InChI=1S/C28H23NO2/c1-17(20-13-7-11-19-10-5-6-12-21(19)20)29-27(30)25-22-14-15-23(26(25)28(29)31)24(22)16-18-8-3-2-4-9-18/h2-17,22-23,25-26H,1H3/t17-,22-,23+,25+,26-/m0/s1. The summed E-state index contributed by atoms with van der Waals surface area (Å²) < 4.78 is 0. The minimum atomic E-state index is -0.280. The molecule has 0 unspecified atom stereocenters. The molecule has 2 bridgehead atoms. The smallest absolute Gasteiger partial charge is 0.234 e. The molecule has 2 aliphatic carbocycles. The van der Waals surface area contributed by atoms with Gasteiger partial charge in [0.15, 0.2) is 0 Å². The molecule has 3 aliphatic rings. The molecule has 0 aromatic heterocycles. The van der Waals surface area contributed by atoms with Crippen LogP contribution in [0.25, 0.3) is 16.8 Å². The van der Waals surface area contributed by atoms with Crippen LogP contribution in [0.15, 0.2) is 90.5 Å². The molecule has 0 N–H and O–H groups in total. The van der Waals surface area contributed by atoms with E-state index in [9.17, 15) is 9.59 Å². The van der Waals surface area contributed by atoms with Crippen molar-refractivity contribution in [2.45, 2.75) is 13.0 Å². The fraction of sp³-hybridized carbons (Fsp3) is 0.214. The first-order chi connectivity index (χ1) is 15.1. The Kier molecular flexibility index (Phi) is 4.01. The second-order valence-electron chi connectivity index (χ2n) is 8.83. The number of rotatable bonds is 3. The van der Waals surface area contributed by atoms with Gasteiger partial charge in [0.25, 0.3) is 0 Å². The molecule has 2 amide bonds. The minimum absolute atomic E-state index is 0.0220. The molecule has 1 heterocycles. The molecule has 3 heteroatoms. The fourth-order valence-corrected chi connectivity index (χ4v) is 5.90. The Hall–Kier alpha value is -3.46. The third-order valence-electron chi connectivity index (χ3n) is 7.30. The van der Waals surface area contributed by atoms with Gasteiger partial charge in [0.2, 0.25) is 11.8 Å². The Morgan fingerprint density at radius 1 is 0.774 bits per heavy atom. The maximum atomic E-state index is 13.6. The minimum Gasteiger partial charge on any atom is -0.275 e. The number of nitrogens with zero attached hydrogens (tertiary/aromatic N) is 1. The maximum Gasteiger partial charge on any atom is 0.234 e. The van der Waals surface area contributed by atoms with Crippen molar-refractivity contribution in [3.05, 3.63) is 102 Å². The molecule has 3 nitrogen and oxygen atoms in total. The van der Waals surface area contributed by atoms with E-state index in [2.05, 4.69) is 48.6 Å². The summed E-state index contributed by atoms with van der Waals surface area (Å²) in [6, 6.07) is 24.2. The highest BCUT2D eigenvalue weighted by atomic mass is 16.2. The second-order valence-corrected chi connectivity index (χ2v) is 8.83. The maximum absolute atomic E-state index is 13.6. The number of carbonyl (C=O) groups is 2. The van der Waals surface area contributed by atoms with Crippen LogP contribution in [0.5, 0.6) is 0 Å². The van der Waals surface area contributed by atoms with Gasteiger partial charge in [-0.2, -0.15) is 0 Å². The summed E-state index contributed by atoms with van der Waals surface area (Å²) in [5, 5.41) is 2.22. The van der Waals surface area contributed by atoms with Crippen molar-refractivity contribution in [2.24, 2.45) is 23.7 Å². The van der Waals surface area contributed by atoms with Gasteiger partial charge in [-0.1, -0.05) is 96.6 Å². The highest BCUT2D eigenvalue weighted by Crippen LogP contribution is 2.57. The van der Waals surface area contributed by atoms with Crippen molar-refractivity contribution in [2.75, 3.05) is 0 Å². The van der Waals surface area contributed by atoms with Crippen molar-refractivity contribution >= 4 is 28.7 Å². The SMILES string of the molecule is C[C@@H](c1cccc2ccccc12)N1C(=O)[C@@H]2[C@H](C1=O)[C@H]1C=C[C@@H]2C1=Cc1ccccc1. The molecule has 5 atom stereocenters. The zero-order chi connectivity index (χ0) is 21.1. The summed E-state index contributed by atoms with van der Waals surface area (Å²) in [4.78, 5) is 28.7.